The average Bonchev–Trinajstić information content (AvgIpc) is 2.42. The summed E-state index contributed by atoms with van der Waals surface area (Å²) < 4.78 is 14.6. The van der Waals surface area contributed by atoms with Crippen LogP contribution in [0.15, 0.2) is 0 Å². The zero-order chi connectivity index (χ0) is 15.4. The molecule has 6 heteroatoms. The predicted octanol–water partition coefficient (Wildman–Crippen LogP) is 1.90. The lowest BCUT2D eigenvalue weighted by atomic mass is 10.2. The summed E-state index contributed by atoms with van der Waals surface area (Å²) in [5, 5.41) is 0. The molecule has 1 radical (unpaired) electrons. The minimum Gasteiger partial charge on any atom is -0.466 e. The van der Waals surface area contributed by atoms with Crippen LogP contribution in [0.4, 0.5) is 0 Å². The van der Waals surface area contributed by atoms with Crippen LogP contribution in [0, 0.1) is 0 Å². The Labute approximate surface area is 119 Å². The molecule has 0 fully saturated rings. The quantitative estimate of drug-likeness (QED) is 0.426. The maximum atomic E-state index is 11.7. The van der Waals surface area contributed by atoms with Crippen LogP contribution in [0.2, 0.25) is 0 Å². The highest BCUT2D eigenvalue weighted by Crippen LogP contribution is 2.09. The molecule has 0 aromatic rings. The van der Waals surface area contributed by atoms with E-state index >= 15 is 0 Å². The summed E-state index contributed by atoms with van der Waals surface area (Å²) in [5.41, 5.74) is 0. The van der Waals surface area contributed by atoms with Gasteiger partial charge in [0, 0.05) is 6.42 Å². The zero-order valence-corrected chi connectivity index (χ0v) is 12.3. The van der Waals surface area contributed by atoms with Crippen molar-refractivity contribution in [1.29, 1.82) is 0 Å². The Kier molecular flexibility index (Phi) is 10.4. The monoisotopic (exact) mass is 287 g/mol. The third-order valence-electron chi connectivity index (χ3n) is 2.54. The van der Waals surface area contributed by atoms with Crippen LogP contribution in [0.25, 0.3) is 0 Å². The number of hydrogen-bond donors (Lipinski definition) is 0. The molecule has 2 unspecified atom stereocenters. The Morgan fingerprint density at radius 2 is 1.85 bits per heavy atom. The van der Waals surface area contributed by atoms with E-state index < -0.39 is 18.2 Å². The van der Waals surface area contributed by atoms with Crippen LogP contribution in [0.5, 0.6) is 0 Å². The van der Waals surface area contributed by atoms with Crippen molar-refractivity contribution in [1.82, 2.24) is 0 Å². The fraction of sp³-hybridized carbons (Fsp3) is 0.786. The molecule has 0 N–H and O–H groups in total. The number of ether oxygens (including phenoxy) is 3. The molecule has 0 aliphatic heterocycles. The van der Waals surface area contributed by atoms with E-state index in [-0.39, 0.29) is 12.4 Å². The van der Waals surface area contributed by atoms with E-state index in [1.807, 2.05) is 13.8 Å². The Bertz CT molecular complexity index is 302. The molecular weight excluding hydrogens is 264 g/mol. The third-order valence-corrected chi connectivity index (χ3v) is 2.54. The van der Waals surface area contributed by atoms with Gasteiger partial charge in [-0.2, -0.15) is 0 Å². The lowest BCUT2D eigenvalue weighted by Gasteiger charge is -2.17. The standard InChI is InChI=1S/C14H23O6/c1-4-6-12(19-10-15)14(17)20-11(3)7-8-13(16)18-9-5-2/h11-12H,4-9H2,1-3H3. The van der Waals surface area contributed by atoms with Crippen LogP contribution in [-0.4, -0.2) is 37.2 Å². The second-order valence-electron chi connectivity index (χ2n) is 4.49. The number of carbonyl (C=O) groups is 2. The molecule has 2 atom stereocenters. The molecular formula is C14H23O6. The molecule has 0 aromatic heterocycles. The number of esters is 2. The minimum absolute atomic E-state index is 0.188. The molecule has 6 nitrogen and oxygen atoms in total. The first-order valence-electron chi connectivity index (χ1n) is 6.94. The largest absolute Gasteiger partial charge is 0.466 e. The molecule has 0 aromatic carbocycles. The normalized spacial score (nSPS) is 13.2. The van der Waals surface area contributed by atoms with Crippen molar-refractivity contribution in [2.24, 2.45) is 0 Å². The Morgan fingerprint density at radius 3 is 2.40 bits per heavy atom. The Morgan fingerprint density at radius 1 is 1.15 bits per heavy atom. The molecule has 0 saturated heterocycles. The van der Waals surface area contributed by atoms with Gasteiger partial charge in [-0.25, -0.2) is 9.59 Å². The van der Waals surface area contributed by atoms with Gasteiger partial charge in [0.1, 0.15) is 0 Å². The molecule has 20 heavy (non-hydrogen) atoms. The highest BCUT2D eigenvalue weighted by atomic mass is 16.6. The maximum Gasteiger partial charge on any atom is 0.418 e. The second-order valence-corrected chi connectivity index (χ2v) is 4.49. The maximum absolute atomic E-state index is 11.7. The van der Waals surface area contributed by atoms with Crippen LogP contribution in [0.3, 0.4) is 0 Å². The molecule has 115 valence electrons. The van der Waals surface area contributed by atoms with Gasteiger partial charge in [0.25, 0.3) is 0 Å². The minimum atomic E-state index is -0.924. The second kappa shape index (κ2) is 11.3. The summed E-state index contributed by atoms with van der Waals surface area (Å²) in [7, 11) is 0. The topological polar surface area (TPSA) is 78.9 Å². The molecule has 0 heterocycles. The van der Waals surface area contributed by atoms with E-state index in [1.54, 1.807) is 6.92 Å². The van der Waals surface area contributed by atoms with Crippen molar-refractivity contribution < 1.29 is 28.6 Å². The molecule has 0 rings (SSSR count). The van der Waals surface area contributed by atoms with Gasteiger partial charge in [0.2, 0.25) is 0 Å². The molecule has 0 bridgehead atoms. The lowest BCUT2D eigenvalue weighted by Crippen LogP contribution is -2.29. The van der Waals surface area contributed by atoms with Crippen molar-refractivity contribution in [3.63, 3.8) is 0 Å². The lowest BCUT2D eigenvalue weighted by molar-refractivity contribution is -0.159. The van der Waals surface area contributed by atoms with E-state index in [4.69, 9.17) is 9.47 Å². The smallest absolute Gasteiger partial charge is 0.418 e. The number of rotatable bonds is 11. The summed E-state index contributed by atoms with van der Waals surface area (Å²) in [6.45, 7) is 7.11. The summed E-state index contributed by atoms with van der Waals surface area (Å²) in [4.78, 5) is 33.2. The first kappa shape index (κ1) is 18.4. The van der Waals surface area contributed by atoms with Gasteiger partial charge in [-0.3, -0.25) is 4.79 Å². The Hall–Kier alpha value is -1.59. The van der Waals surface area contributed by atoms with Gasteiger partial charge in [-0.1, -0.05) is 20.3 Å². The molecule has 0 amide bonds. The van der Waals surface area contributed by atoms with Crippen molar-refractivity contribution in [2.45, 2.75) is 65.1 Å². The van der Waals surface area contributed by atoms with Crippen LogP contribution >= 0.6 is 0 Å². The average molecular weight is 287 g/mol. The van der Waals surface area contributed by atoms with Crippen molar-refractivity contribution in [2.75, 3.05) is 6.61 Å². The van der Waals surface area contributed by atoms with Gasteiger partial charge >= 0.3 is 18.4 Å². The first-order valence-corrected chi connectivity index (χ1v) is 6.94. The summed E-state index contributed by atoms with van der Waals surface area (Å²) in [6.07, 6.45) is 1.04. The highest BCUT2D eigenvalue weighted by molar-refractivity contribution is 5.76. The van der Waals surface area contributed by atoms with Crippen molar-refractivity contribution in [3.8, 4) is 0 Å². The van der Waals surface area contributed by atoms with E-state index in [2.05, 4.69) is 4.74 Å². The van der Waals surface area contributed by atoms with Gasteiger partial charge in [0.15, 0.2) is 6.10 Å². The molecule has 0 saturated carbocycles. The van der Waals surface area contributed by atoms with Gasteiger partial charge in [-0.15, -0.1) is 0 Å². The summed E-state index contributed by atoms with van der Waals surface area (Å²) in [5.74, 6) is -0.915. The highest BCUT2D eigenvalue weighted by Gasteiger charge is 2.23. The summed E-state index contributed by atoms with van der Waals surface area (Å²) >= 11 is 0. The van der Waals surface area contributed by atoms with Crippen LogP contribution in [0.1, 0.15) is 52.9 Å². The van der Waals surface area contributed by atoms with Gasteiger partial charge in [0.05, 0.1) is 12.7 Å². The molecule has 0 aliphatic rings. The predicted molar refractivity (Wildman–Crippen MR) is 71.5 cm³/mol. The van der Waals surface area contributed by atoms with E-state index in [9.17, 15) is 14.4 Å². The van der Waals surface area contributed by atoms with E-state index in [0.717, 1.165) is 6.42 Å². The Balaban J connectivity index is 4.04. The number of carbonyl (C=O) groups excluding carboxylic acids is 3. The van der Waals surface area contributed by atoms with Crippen LogP contribution in [-0.2, 0) is 28.6 Å². The van der Waals surface area contributed by atoms with Crippen molar-refractivity contribution >= 4 is 18.4 Å². The fourth-order valence-electron chi connectivity index (χ4n) is 1.49. The molecule has 0 spiro atoms. The SMILES string of the molecule is CCCOC(=O)CCC(C)OC(=O)C(CCC)O[C]=O. The fourth-order valence-corrected chi connectivity index (χ4v) is 1.49. The van der Waals surface area contributed by atoms with Crippen molar-refractivity contribution in [3.05, 3.63) is 0 Å². The zero-order valence-electron chi connectivity index (χ0n) is 12.3. The van der Waals surface area contributed by atoms with E-state index in [1.165, 1.54) is 6.47 Å². The van der Waals surface area contributed by atoms with Gasteiger partial charge in [-0.05, 0) is 26.2 Å². The summed E-state index contributed by atoms with van der Waals surface area (Å²) in [6, 6.07) is 0. The van der Waals surface area contributed by atoms with E-state index in [0.29, 0.717) is 25.9 Å². The third kappa shape index (κ3) is 8.50. The van der Waals surface area contributed by atoms with Crippen LogP contribution < -0.4 is 0 Å². The van der Waals surface area contributed by atoms with Gasteiger partial charge < -0.3 is 14.2 Å². The number of hydrogen-bond acceptors (Lipinski definition) is 6. The molecule has 0 aliphatic carbocycles. The first-order chi connectivity index (χ1) is 9.54.